The summed E-state index contributed by atoms with van der Waals surface area (Å²) in [4.78, 5) is 28.8. The van der Waals surface area contributed by atoms with Crippen LogP contribution in [-0.2, 0) is 11.0 Å². The van der Waals surface area contributed by atoms with Gasteiger partial charge < -0.3 is 5.32 Å². The first-order valence-electron chi connectivity index (χ1n) is 8.99. The zero-order chi connectivity index (χ0) is 23.6. The minimum Gasteiger partial charge on any atom is -0.324 e. The Balaban J connectivity index is 1.33. The summed E-state index contributed by atoms with van der Waals surface area (Å²) in [6.07, 6.45) is -4.56. The number of rotatable bonds is 6. The number of nitrogens with zero attached hydrogens (tertiary/aromatic N) is 3. The Hall–Kier alpha value is -2.74. The molecule has 2 aromatic heterocycles. The Morgan fingerprint density at radius 3 is 2.61 bits per heavy atom. The summed E-state index contributed by atoms with van der Waals surface area (Å²) in [5.41, 5.74) is -0.348. The molecule has 0 aliphatic rings. The molecule has 0 spiro atoms. The van der Waals surface area contributed by atoms with E-state index >= 15 is 0 Å². The maximum absolute atomic E-state index is 12.9. The van der Waals surface area contributed by atoms with Crippen LogP contribution in [0.3, 0.4) is 0 Å². The third-order valence-corrected chi connectivity index (χ3v) is 7.35. The van der Waals surface area contributed by atoms with Gasteiger partial charge in [-0.2, -0.15) is 13.2 Å². The van der Waals surface area contributed by atoms with Crippen molar-refractivity contribution in [2.45, 2.75) is 10.5 Å². The lowest BCUT2D eigenvalue weighted by Crippen LogP contribution is -2.15. The molecule has 2 aromatic carbocycles. The standard InChI is InChI=1S/C19H11ClF3N5O2S3/c20-10-6-5-9(19(21,22)23)7-12(10)24-14(29)8-31-18-28-27-17(33-18)26-15(30)16-25-11-3-1-2-4-13(11)32-16/h1-7H,8H2,(H,24,29)(H,26,27,30). The molecule has 7 nitrogen and oxygen atoms in total. The van der Waals surface area contributed by atoms with Gasteiger partial charge in [0.25, 0.3) is 5.91 Å². The van der Waals surface area contributed by atoms with E-state index in [1.54, 1.807) is 6.07 Å². The minimum absolute atomic E-state index is 0.0166. The summed E-state index contributed by atoms with van der Waals surface area (Å²) in [5.74, 6) is -1.15. The van der Waals surface area contributed by atoms with Crippen LogP contribution in [0.25, 0.3) is 10.2 Å². The minimum atomic E-state index is -4.56. The predicted molar refractivity (Wildman–Crippen MR) is 123 cm³/mol. The maximum atomic E-state index is 12.9. The number of thioether (sulfide) groups is 1. The van der Waals surface area contributed by atoms with E-state index in [0.717, 1.165) is 46.0 Å². The van der Waals surface area contributed by atoms with Gasteiger partial charge >= 0.3 is 6.18 Å². The van der Waals surface area contributed by atoms with Crippen LogP contribution in [-0.4, -0.2) is 32.7 Å². The number of para-hydroxylation sites is 1. The Morgan fingerprint density at radius 2 is 1.85 bits per heavy atom. The number of thiazole rings is 1. The fourth-order valence-electron chi connectivity index (χ4n) is 2.55. The van der Waals surface area contributed by atoms with Gasteiger partial charge in [-0.15, -0.1) is 21.5 Å². The molecule has 0 bridgehead atoms. The van der Waals surface area contributed by atoms with Crippen molar-refractivity contribution < 1.29 is 22.8 Å². The molecule has 33 heavy (non-hydrogen) atoms. The number of carbonyl (C=O) groups excluding carboxylic acids is 2. The molecule has 0 atom stereocenters. The zero-order valence-corrected chi connectivity index (χ0v) is 19.3. The summed E-state index contributed by atoms with van der Waals surface area (Å²) >= 11 is 9.19. The van der Waals surface area contributed by atoms with Crippen LogP contribution in [0.1, 0.15) is 15.4 Å². The molecule has 0 radical (unpaired) electrons. The third-order valence-electron chi connectivity index (χ3n) is 4.01. The summed E-state index contributed by atoms with van der Waals surface area (Å²) in [5, 5.41) is 13.2. The van der Waals surface area contributed by atoms with E-state index in [2.05, 4.69) is 25.8 Å². The summed E-state index contributed by atoms with van der Waals surface area (Å²) in [6, 6.07) is 10.0. The molecule has 2 N–H and O–H groups in total. The first kappa shape index (κ1) is 23.4. The molecule has 4 rings (SSSR count). The largest absolute Gasteiger partial charge is 0.416 e. The number of aromatic nitrogens is 3. The lowest BCUT2D eigenvalue weighted by atomic mass is 10.2. The van der Waals surface area contributed by atoms with Crippen molar-refractivity contribution in [3.05, 3.63) is 58.1 Å². The molecular formula is C19H11ClF3N5O2S3. The highest BCUT2D eigenvalue weighted by Crippen LogP contribution is 2.34. The topological polar surface area (TPSA) is 96.9 Å². The van der Waals surface area contributed by atoms with Crippen LogP contribution >= 0.6 is 46.0 Å². The van der Waals surface area contributed by atoms with Crippen LogP contribution in [0.4, 0.5) is 24.0 Å². The van der Waals surface area contributed by atoms with Crippen molar-refractivity contribution in [3.63, 3.8) is 0 Å². The SMILES string of the molecule is O=C(CSc1nnc(NC(=O)c2nc3ccccc3s2)s1)Nc1cc(C(F)(F)F)ccc1Cl. The first-order valence-corrected chi connectivity index (χ1v) is 12.0. The quantitative estimate of drug-likeness (QED) is 0.242. The summed E-state index contributed by atoms with van der Waals surface area (Å²) in [7, 11) is 0. The molecule has 0 fully saturated rings. The van der Waals surface area contributed by atoms with Crippen molar-refractivity contribution in [1.29, 1.82) is 0 Å². The Kier molecular flexibility index (Phi) is 6.83. The van der Waals surface area contributed by atoms with Gasteiger partial charge in [-0.3, -0.25) is 14.9 Å². The van der Waals surface area contributed by atoms with Gasteiger partial charge in [-0.25, -0.2) is 4.98 Å². The smallest absolute Gasteiger partial charge is 0.324 e. The number of anilines is 2. The molecule has 2 amide bonds. The molecule has 0 aliphatic carbocycles. The Labute approximate surface area is 201 Å². The average molecular weight is 530 g/mol. The predicted octanol–water partition coefficient (Wildman–Crippen LogP) is 5.80. The summed E-state index contributed by atoms with van der Waals surface area (Å²) < 4.78 is 39.8. The molecule has 0 aliphatic heterocycles. The lowest BCUT2D eigenvalue weighted by molar-refractivity contribution is -0.137. The van der Waals surface area contributed by atoms with E-state index in [1.165, 1.54) is 11.3 Å². The number of carbonyl (C=O) groups is 2. The van der Waals surface area contributed by atoms with Gasteiger partial charge in [0.05, 0.1) is 32.2 Å². The molecule has 0 saturated heterocycles. The van der Waals surface area contributed by atoms with Crippen LogP contribution < -0.4 is 10.6 Å². The number of hydrogen-bond donors (Lipinski definition) is 2. The van der Waals surface area contributed by atoms with Gasteiger partial charge in [-0.1, -0.05) is 46.8 Å². The van der Waals surface area contributed by atoms with Crippen molar-refractivity contribution >= 4 is 78.9 Å². The van der Waals surface area contributed by atoms with Crippen molar-refractivity contribution in [2.24, 2.45) is 0 Å². The van der Waals surface area contributed by atoms with Crippen LogP contribution in [0.2, 0.25) is 5.02 Å². The van der Waals surface area contributed by atoms with Gasteiger partial charge in [0.1, 0.15) is 0 Å². The fourth-order valence-corrected chi connectivity index (χ4v) is 5.12. The normalized spacial score (nSPS) is 11.5. The second-order valence-corrected chi connectivity index (χ2v) is 9.98. The highest BCUT2D eigenvalue weighted by atomic mass is 35.5. The second kappa shape index (κ2) is 9.63. The van der Waals surface area contributed by atoms with E-state index in [9.17, 15) is 22.8 Å². The molecular weight excluding hydrogens is 519 g/mol. The summed E-state index contributed by atoms with van der Waals surface area (Å²) in [6.45, 7) is 0. The maximum Gasteiger partial charge on any atom is 0.416 e. The third kappa shape index (κ3) is 5.79. The van der Waals surface area contributed by atoms with Gasteiger partial charge in [-0.05, 0) is 30.3 Å². The van der Waals surface area contributed by atoms with Crippen molar-refractivity contribution in [1.82, 2.24) is 15.2 Å². The number of hydrogen-bond acceptors (Lipinski definition) is 8. The first-order chi connectivity index (χ1) is 15.7. The number of alkyl halides is 3. The van der Waals surface area contributed by atoms with Crippen LogP contribution in [0.5, 0.6) is 0 Å². The number of halogens is 4. The molecule has 4 aromatic rings. The highest BCUT2D eigenvalue weighted by molar-refractivity contribution is 8.01. The van der Waals surface area contributed by atoms with Crippen LogP contribution in [0.15, 0.2) is 46.8 Å². The molecule has 14 heteroatoms. The number of benzene rings is 2. The van der Waals surface area contributed by atoms with Crippen LogP contribution in [0, 0.1) is 0 Å². The molecule has 2 heterocycles. The fraction of sp³-hybridized carbons (Fsp3) is 0.105. The lowest BCUT2D eigenvalue weighted by Gasteiger charge is -2.11. The zero-order valence-electron chi connectivity index (χ0n) is 16.1. The Bertz CT molecular complexity index is 1310. The average Bonchev–Trinajstić information content (AvgIpc) is 3.39. The van der Waals surface area contributed by atoms with E-state index in [1.807, 2.05) is 18.2 Å². The van der Waals surface area contributed by atoms with Crippen molar-refractivity contribution in [3.8, 4) is 0 Å². The van der Waals surface area contributed by atoms with E-state index in [4.69, 9.17) is 11.6 Å². The van der Waals surface area contributed by atoms with E-state index in [-0.39, 0.29) is 26.6 Å². The molecule has 0 saturated carbocycles. The number of amides is 2. The van der Waals surface area contributed by atoms with E-state index in [0.29, 0.717) is 9.86 Å². The van der Waals surface area contributed by atoms with Gasteiger partial charge in [0, 0.05) is 0 Å². The number of fused-ring (bicyclic) bond motifs is 1. The van der Waals surface area contributed by atoms with E-state index < -0.39 is 23.6 Å². The van der Waals surface area contributed by atoms with Crippen molar-refractivity contribution in [2.75, 3.05) is 16.4 Å². The van der Waals surface area contributed by atoms with Gasteiger partial charge in [0.15, 0.2) is 9.35 Å². The monoisotopic (exact) mass is 529 g/mol. The molecule has 0 unspecified atom stereocenters. The number of nitrogens with one attached hydrogen (secondary N) is 2. The Morgan fingerprint density at radius 1 is 1.06 bits per heavy atom. The van der Waals surface area contributed by atoms with Gasteiger partial charge in [0.2, 0.25) is 11.0 Å². The molecule has 170 valence electrons. The highest BCUT2D eigenvalue weighted by Gasteiger charge is 2.31. The second-order valence-electron chi connectivity index (χ2n) is 6.34.